The second-order valence-electron chi connectivity index (χ2n) is 5.84. The maximum atomic E-state index is 12.5. The number of oxime groups is 1. The molecule has 1 saturated carbocycles. The molecule has 1 fully saturated rings. The van der Waals surface area contributed by atoms with Crippen LogP contribution in [0, 0.1) is 11.3 Å². The van der Waals surface area contributed by atoms with Crippen LogP contribution in [0.5, 0.6) is 0 Å². The number of rotatable bonds is 11. The van der Waals surface area contributed by atoms with Crippen LogP contribution in [0.3, 0.4) is 0 Å². The zero-order chi connectivity index (χ0) is 15.7. The van der Waals surface area contributed by atoms with Crippen LogP contribution in [-0.2, 0) is 9.53 Å². The van der Waals surface area contributed by atoms with Gasteiger partial charge in [-0.1, -0.05) is 31.8 Å². The van der Waals surface area contributed by atoms with Crippen molar-refractivity contribution in [2.24, 2.45) is 22.2 Å². The van der Waals surface area contributed by atoms with Gasteiger partial charge in [-0.15, -0.1) is 0 Å². The molecule has 4 N–H and O–H groups in total. The van der Waals surface area contributed by atoms with Crippen molar-refractivity contribution in [3.8, 4) is 0 Å². The minimum atomic E-state index is -0.908. The van der Waals surface area contributed by atoms with Crippen LogP contribution in [-0.4, -0.2) is 36.7 Å². The van der Waals surface area contributed by atoms with Gasteiger partial charge in [0.05, 0.1) is 6.61 Å². The molecule has 1 aliphatic rings. The molecule has 1 rings (SSSR count). The number of nitrogens with two attached hydrogens (primary N) is 1. The van der Waals surface area contributed by atoms with E-state index in [0.717, 1.165) is 25.4 Å². The molecule has 6 heteroatoms. The van der Waals surface area contributed by atoms with E-state index in [-0.39, 0.29) is 11.7 Å². The molecule has 1 amide bonds. The Morgan fingerprint density at radius 1 is 1.38 bits per heavy atom. The molecule has 122 valence electrons. The molecule has 0 spiro atoms. The van der Waals surface area contributed by atoms with E-state index in [9.17, 15) is 4.79 Å². The second-order valence-corrected chi connectivity index (χ2v) is 5.84. The first-order valence-electron chi connectivity index (χ1n) is 7.94. The van der Waals surface area contributed by atoms with Crippen LogP contribution in [0.15, 0.2) is 5.16 Å². The summed E-state index contributed by atoms with van der Waals surface area (Å²) in [5.41, 5.74) is 4.90. The highest BCUT2D eigenvalue weighted by molar-refractivity contribution is 6.06. The maximum Gasteiger partial charge on any atom is 0.234 e. The summed E-state index contributed by atoms with van der Waals surface area (Å²) in [6.45, 7) is 5.72. The molecule has 6 nitrogen and oxygen atoms in total. The van der Waals surface area contributed by atoms with Crippen LogP contribution in [0.2, 0.25) is 0 Å². The average Bonchev–Trinajstić information content (AvgIpc) is 3.29. The molecule has 0 saturated heterocycles. The SMILES string of the molecule is CCCC(CCC)(C(=O)NCCOCC1CC1)C(N)=NO. The fraction of sp³-hybridized carbons (Fsp3) is 0.867. The standard InChI is InChI=1S/C15H29N3O3/c1-3-7-15(8-4-2,13(16)18-20)14(19)17-9-10-21-11-12-5-6-12/h12,20H,3-11H2,1-2H3,(H2,16,18)(H,17,19). The highest BCUT2D eigenvalue weighted by Crippen LogP contribution is 2.31. The minimum Gasteiger partial charge on any atom is -0.409 e. The summed E-state index contributed by atoms with van der Waals surface area (Å²) in [5, 5.41) is 15.0. The van der Waals surface area contributed by atoms with Crippen molar-refractivity contribution in [2.45, 2.75) is 52.4 Å². The average molecular weight is 299 g/mol. The number of amides is 1. The third kappa shape index (κ3) is 5.19. The van der Waals surface area contributed by atoms with Crippen LogP contribution >= 0.6 is 0 Å². The Morgan fingerprint density at radius 2 is 2.00 bits per heavy atom. The van der Waals surface area contributed by atoms with Crippen molar-refractivity contribution in [3.05, 3.63) is 0 Å². The van der Waals surface area contributed by atoms with E-state index in [1.807, 2.05) is 13.8 Å². The van der Waals surface area contributed by atoms with E-state index >= 15 is 0 Å². The van der Waals surface area contributed by atoms with Gasteiger partial charge in [0.15, 0.2) is 5.84 Å². The van der Waals surface area contributed by atoms with Crippen molar-refractivity contribution in [2.75, 3.05) is 19.8 Å². The van der Waals surface area contributed by atoms with Crippen LogP contribution < -0.4 is 11.1 Å². The van der Waals surface area contributed by atoms with E-state index in [1.165, 1.54) is 12.8 Å². The largest absolute Gasteiger partial charge is 0.409 e. The first kappa shape index (κ1) is 17.8. The van der Waals surface area contributed by atoms with Gasteiger partial charge in [0, 0.05) is 13.2 Å². The number of hydrogen-bond donors (Lipinski definition) is 3. The molecule has 0 aliphatic heterocycles. The first-order chi connectivity index (χ1) is 10.1. The fourth-order valence-corrected chi connectivity index (χ4v) is 2.61. The van der Waals surface area contributed by atoms with Gasteiger partial charge in [0.2, 0.25) is 5.91 Å². The highest BCUT2D eigenvalue weighted by atomic mass is 16.5. The lowest BCUT2D eigenvalue weighted by atomic mass is 9.77. The molecule has 0 radical (unpaired) electrons. The summed E-state index contributed by atoms with van der Waals surface area (Å²) in [6, 6.07) is 0. The molecule has 1 aliphatic carbocycles. The third-order valence-corrected chi connectivity index (χ3v) is 3.97. The number of nitrogens with one attached hydrogen (secondary N) is 1. The molecule has 0 aromatic rings. The van der Waals surface area contributed by atoms with Gasteiger partial charge in [0.1, 0.15) is 5.41 Å². The quantitative estimate of drug-likeness (QED) is 0.178. The summed E-state index contributed by atoms with van der Waals surface area (Å²) in [7, 11) is 0. The van der Waals surface area contributed by atoms with Crippen molar-refractivity contribution < 1.29 is 14.7 Å². The third-order valence-electron chi connectivity index (χ3n) is 3.97. The summed E-state index contributed by atoms with van der Waals surface area (Å²) in [6.07, 6.45) is 5.25. The molecule has 0 bridgehead atoms. The smallest absolute Gasteiger partial charge is 0.234 e. The van der Waals surface area contributed by atoms with E-state index in [0.29, 0.717) is 26.0 Å². The minimum absolute atomic E-state index is 0.00241. The number of amidine groups is 1. The van der Waals surface area contributed by atoms with Crippen LogP contribution in [0.4, 0.5) is 0 Å². The monoisotopic (exact) mass is 299 g/mol. The molecule has 0 atom stereocenters. The molecule has 0 heterocycles. The van der Waals surface area contributed by atoms with Crippen LogP contribution in [0.25, 0.3) is 0 Å². The second kappa shape index (κ2) is 8.87. The molecule has 0 aromatic heterocycles. The van der Waals surface area contributed by atoms with E-state index in [1.54, 1.807) is 0 Å². The Balaban J connectivity index is 2.51. The number of carbonyl (C=O) groups is 1. The van der Waals surface area contributed by atoms with Gasteiger partial charge in [-0.3, -0.25) is 4.79 Å². The summed E-state index contributed by atoms with van der Waals surface area (Å²) in [5.74, 6) is 0.552. The molecule has 0 aromatic carbocycles. The Labute approximate surface area is 127 Å². The lowest BCUT2D eigenvalue weighted by molar-refractivity contribution is -0.128. The number of nitrogens with zero attached hydrogens (tertiary/aromatic N) is 1. The zero-order valence-electron chi connectivity index (χ0n) is 13.2. The Morgan fingerprint density at radius 3 is 2.48 bits per heavy atom. The van der Waals surface area contributed by atoms with Crippen molar-refractivity contribution in [1.82, 2.24) is 5.32 Å². The fourth-order valence-electron chi connectivity index (χ4n) is 2.61. The molecular formula is C15H29N3O3. The van der Waals surface area contributed by atoms with Crippen molar-refractivity contribution >= 4 is 11.7 Å². The summed E-state index contributed by atoms with van der Waals surface area (Å²) >= 11 is 0. The first-order valence-corrected chi connectivity index (χ1v) is 7.94. The number of ether oxygens (including phenoxy) is 1. The summed E-state index contributed by atoms with van der Waals surface area (Å²) in [4.78, 5) is 12.5. The Hall–Kier alpha value is -1.30. The molecule has 0 unspecified atom stereocenters. The van der Waals surface area contributed by atoms with Crippen molar-refractivity contribution in [1.29, 1.82) is 0 Å². The number of hydrogen-bond acceptors (Lipinski definition) is 4. The maximum absolute atomic E-state index is 12.5. The molecular weight excluding hydrogens is 270 g/mol. The van der Waals surface area contributed by atoms with Gasteiger partial charge in [-0.25, -0.2) is 0 Å². The van der Waals surface area contributed by atoms with Gasteiger partial charge in [0.25, 0.3) is 0 Å². The van der Waals surface area contributed by atoms with E-state index in [2.05, 4.69) is 10.5 Å². The number of carbonyl (C=O) groups excluding carboxylic acids is 1. The zero-order valence-corrected chi connectivity index (χ0v) is 13.2. The van der Waals surface area contributed by atoms with Crippen LogP contribution in [0.1, 0.15) is 52.4 Å². The lowest BCUT2D eigenvalue weighted by Gasteiger charge is -2.30. The molecule has 21 heavy (non-hydrogen) atoms. The normalized spacial score (nSPS) is 16.0. The topological polar surface area (TPSA) is 96.9 Å². The predicted octanol–water partition coefficient (Wildman–Crippen LogP) is 1.86. The lowest BCUT2D eigenvalue weighted by Crippen LogP contribution is -2.50. The highest BCUT2D eigenvalue weighted by Gasteiger charge is 2.41. The van der Waals surface area contributed by atoms with Gasteiger partial charge in [-0.2, -0.15) is 0 Å². The van der Waals surface area contributed by atoms with Crippen molar-refractivity contribution in [3.63, 3.8) is 0 Å². The van der Waals surface area contributed by atoms with Gasteiger partial charge in [-0.05, 0) is 31.6 Å². The van der Waals surface area contributed by atoms with Gasteiger partial charge < -0.3 is 21.0 Å². The van der Waals surface area contributed by atoms with E-state index < -0.39 is 5.41 Å². The summed E-state index contributed by atoms with van der Waals surface area (Å²) < 4.78 is 5.50. The van der Waals surface area contributed by atoms with Gasteiger partial charge >= 0.3 is 0 Å². The Kier molecular flexibility index (Phi) is 7.50. The Bertz CT molecular complexity index is 348. The predicted molar refractivity (Wildman–Crippen MR) is 82.2 cm³/mol. The van der Waals surface area contributed by atoms with E-state index in [4.69, 9.17) is 15.7 Å².